The molecule has 1 aliphatic rings. The van der Waals surface area contributed by atoms with Gasteiger partial charge in [-0.2, -0.15) is 0 Å². The summed E-state index contributed by atoms with van der Waals surface area (Å²) in [5.41, 5.74) is -0.269. The fourth-order valence-electron chi connectivity index (χ4n) is 1.18. The van der Waals surface area contributed by atoms with Crippen LogP contribution in [0.15, 0.2) is 12.2 Å². The van der Waals surface area contributed by atoms with Gasteiger partial charge in [0.1, 0.15) is 0 Å². The number of hydrogen-bond donors (Lipinski definition) is 0. The first-order valence-corrected chi connectivity index (χ1v) is 3.42. The Balaban J connectivity index is 2.61. The summed E-state index contributed by atoms with van der Waals surface area (Å²) >= 11 is 0. The molecular weight excluding hydrogens is 128 g/mol. The molecule has 0 fully saturated rings. The van der Waals surface area contributed by atoms with E-state index in [0.717, 1.165) is 12.8 Å². The lowest BCUT2D eigenvalue weighted by atomic mass is 9.88. The average Bonchev–Trinajstić information content (AvgIpc) is 2.36. The van der Waals surface area contributed by atoms with E-state index in [-0.39, 0.29) is 11.4 Å². The van der Waals surface area contributed by atoms with E-state index in [0.29, 0.717) is 0 Å². The van der Waals surface area contributed by atoms with Crippen molar-refractivity contribution in [1.82, 2.24) is 0 Å². The van der Waals surface area contributed by atoms with Crippen LogP contribution in [0, 0.1) is 5.41 Å². The molecule has 0 spiro atoms. The predicted molar refractivity (Wildman–Crippen MR) is 38.5 cm³/mol. The van der Waals surface area contributed by atoms with Gasteiger partial charge in [-0.15, -0.1) is 0 Å². The van der Waals surface area contributed by atoms with E-state index < -0.39 is 0 Å². The smallest absolute Gasteiger partial charge is 0.312 e. The van der Waals surface area contributed by atoms with Gasteiger partial charge in [0, 0.05) is 0 Å². The number of methoxy groups -OCH3 is 1. The van der Waals surface area contributed by atoms with Crippen molar-refractivity contribution < 1.29 is 9.53 Å². The zero-order valence-electron chi connectivity index (χ0n) is 6.39. The topological polar surface area (TPSA) is 26.3 Å². The zero-order chi connectivity index (χ0) is 7.61. The fourth-order valence-corrected chi connectivity index (χ4v) is 1.18. The maximum absolute atomic E-state index is 11.1. The minimum absolute atomic E-state index is 0.0995. The Bertz CT molecular complexity index is 162. The standard InChI is InChI=1S/C8H12O2/c1-8(7(9)10-2)5-3-4-6-8/h3-4H,5-6H2,1-2H3. The molecule has 0 amide bonds. The van der Waals surface area contributed by atoms with Crippen molar-refractivity contribution in [3.05, 3.63) is 12.2 Å². The number of carbonyl (C=O) groups is 1. The van der Waals surface area contributed by atoms with E-state index in [9.17, 15) is 4.79 Å². The lowest BCUT2D eigenvalue weighted by Gasteiger charge is -2.19. The molecule has 10 heavy (non-hydrogen) atoms. The van der Waals surface area contributed by atoms with Gasteiger partial charge in [0.2, 0.25) is 0 Å². The van der Waals surface area contributed by atoms with Gasteiger partial charge >= 0.3 is 5.97 Å². The number of hydrogen-bond acceptors (Lipinski definition) is 2. The highest BCUT2D eigenvalue weighted by Crippen LogP contribution is 2.33. The predicted octanol–water partition coefficient (Wildman–Crippen LogP) is 1.52. The Hall–Kier alpha value is -0.790. The number of rotatable bonds is 1. The molecule has 1 aliphatic carbocycles. The van der Waals surface area contributed by atoms with Gasteiger partial charge in [-0.25, -0.2) is 0 Å². The van der Waals surface area contributed by atoms with Crippen LogP contribution in [0.5, 0.6) is 0 Å². The summed E-state index contributed by atoms with van der Waals surface area (Å²) in [6.45, 7) is 1.93. The average molecular weight is 140 g/mol. The first-order chi connectivity index (χ1) is 4.69. The highest BCUT2D eigenvalue weighted by Gasteiger charge is 2.34. The molecule has 0 aliphatic heterocycles. The fraction of sp³-hybridized carbons (Fsp3) is 0.625. The molecule has 0 N–H and O–H groups in total. The summed E-state index contributed by atoms with van der Waals surface area (Å²) in [7, 11) is 1.44. The molecule has 1 rings (SSSR count). The minimum Gasteiger partial charge on any atom is -0.469 e. The largest absolute Gasteiger partial charge is 0.469 e. The molecular formula is C8H12O2. The second-order valence-electron chi connectivity index (χ2n) is 2.93. The maximum Gasteiger partial charge on any atom is 0.312 e. The van der Waals surface area contributed by atoms with Crippen molar-refractivity contribution in [3.63, 3.8) is 0 Å². The number of esters is 1. The quantitative estimate of drug-likeness (QED) is 0.407. The van der Waals surface area contributed by atoms with Crippen LogP contribution in [0.4, 0.5) is 0 Å². The Morgan fingerprint density at radius 1 is 1.50 bits per heavy atom. The van der Waals surface area contributed by atoms with Crippen molar-refractivity contribution in [2.45, 2.75) is 19.8 Å². The SMILES string of the molecule is COC(=O)C1(C)CC=CC1. The highest BCUT2D eigenvalue weighted by molar-refractivity contribution is 5.77. The Morgan fingerprint density at radius 3 is 2.40 bits per heavy atom. The molecule has 0 atom stereocenters. The lowest BCUT2D eigenvalue weighted by Crippen LogP contribution is -2.25. The van der Waals surface area contributed by atoms with E-state index in [1.54, 1.807) is 0 Å². The van der Waals surface area contributed by atoms with Crippen LogP contribution in [0.25, 0.3) is 0 Å². The van der Waals surface area contributed by atoms with Crippen LogP contribution in [-0.2, 0) is 9.53 Å². The molecule has 0 heterocycles. The van der Waals surface area contributed by atoms with Crippen LogP contribution >= 0.6 is 0 Å². The first-order valence-electron chi connectivity index (χ1n) is 3.42. The molecule has 0 aromatic heterocycles. The van der Waals surface area contributed by atoms with Crippen LogP contribution in [0.2, 0.25) is 0 Å². The maximum atomic E-state index is 11.1. The first kappa shape index (κ1) is 7.32. The molecule has 0 aromatic carbocycles. The van der Waals surface area contributed by atoms with Crippen molar-refractivity contribution in [2.24, 2.45) is 5.41 Å². The van der Waals surface area contributed by atoms with E-state index in [2.05, 4.69) is 4.74 Å². The second kappa shape index (κ2) is 2.45. The molecule has 0 radical (unpaired) electrons. The third kappa shape index (κ3) is 1.06. The number of ether oxygens (including phenoxy) is 1. The van der Waals surface area contributed by atoms with Gasteiger partial charge in [-0.1, -0.05) is 12.2 Å². The van der Waals surface area contributed by atoms with Crippen molar-refractivity contribution in [3.8, 4) is 0 Å². The number of allylic oxidation sites excluding steroid dienone is 2. The molecule has 0 aromatic rings. The Kier molecular flexibility index (Phi) is 1.79. The summed E-state index contributed by atoms with van der Waals surface area (Å²) in [5.74, 6) is -0.0995. The summed E-state index contributed by atoms with van der Waals surface area (Å²) < 4.78 is 4.66. The Labute approximate surface area is 60.9 Å². The third-order valence-corrected chi connectivity index (χ3v) is 1.98. The van der Waals surface area contributed by atoms with Crippen molar-refractivity contribution in [1.29, 1.82) is 0 Å². The number of carbonyl (C=O) groups excluding carboxylic acids is 1. The van der Waals surface area contributed by atoms with E-state index in [1.807, 2.05) is 19.1 Å². The summed E-state index contributed by atoms with van der Waals surface area (Å²) in [4.78, 5) is 11.1. The highest BCUT2D eigenvalue weighted by atomic mass is 16.5. The molecule has 0 bridgehead atoms. The van der Waals surface area contributed by atoms with E-state index >= 15 is 0 Å². The van der Waals surface area contributed by atoms with Gasteiger partial charge in [-0.05, 0) is 19.8 Å². The van der Waals surface area contributed by atoms with Gasteiger partial charge in [0.15, 0.2) is 0 Å². The van der Waals surface area contributed by atoms with Crippen molar-refractivity contribution in [2.75, 3.05) is 7.11 Å². The monoisotopic (exact) mass is 140 g/mol. The lowest BCUT2D eigenvalue weighted by molar-refractivity contribution is -0.151. The van der Waals surface area contributed by atoms with Crippen LogP contribution in [0.1, 0.15) is 19.8 Å². The van der Waals surface area contributed by atoms with Crippen LogP contribution < -0.4 is 0 Å². The normalized spacial score (nSPS) is 21.0. The second-order valence-corrected chi connectivity index (χ2v) is 2.93. The third-order valence-electron chi connectivity index (χ3n) is 1.98. The molecule has 0 unspecified atom stereocenters. The van der Waals surface area contributed by atoms with Crippen LogP contribution in [-0.4, -0.2) is 13.1 Å². The molecule has 2 heteroatoms. The molecule has 56 valence electrons. The van der Waals surface area contributed by atoms with Gasteiger partial charge < -0.3 is 4.74 Å². The summed E-state index contributed by atoms with van der Waals surface area (Å²) in [6.07, 6.45) is 5.69. The summed E-state index contributed by atoms with van der Waals surface area (Å²) in [5, 5.41) is 0. The van der Waals surface area contributed by atoms with E-state index in [4.69, 9.17) is 0 Å². The van der Waals surface area contributed by atoms with Gasteiger partial charge in [0.05, 0.1) is 12.5 Å². The Morgan fingerprint density at radius 2 is 2.00 bits per heavy atom. The minimum atomic E-state index is -0.269. The summed E-state index contributed by atoms with van der Waals surface area (Å²) in [6, 6.07) is 0. The van der Waals surface area contributed by atoms with Crippen molar-refractivity contribution >= 4 is 5.97 Å². The molecule has 0 saturated heterocycles. The van der Waals surface area contributed by atoms with Crippen LogP contribution in [0.3, 0.4) is 0 Å². The van der Waals surface area contributed by atoms with Gasteiger partial charge in [0.25, 0.3) is 0 Å². The van der Waals surface area contributed by atoms with Gasteiger partial charge in [-0.3, -0.25) is 4.79 Å². The molecule has 0 saturated carbocycles. The zero-order valence-corrected chi connectivity index (χ0v) is 6.39. The molecule has 2 nitrogen and oxygen atoms in total. The van der Waals surface area contributed by atoms with E-state index in [1.165, 1.54) is 7.11 Å².